The molecule has 0 spiro atoms. The third kappa shape index (κ3) is 2.52. The SMILES string of the molecule is CC(=O)[C@@H]1CCN(CC(F)F)C1. The van der Waals surface area contributed by atoms with E-state index in [1.54, 1.807) is 4.90 Å². The molecule has 1 saturated heterocycles. The van der Waals surface area contributed by atoms with Crippen LogP contribution in [0.25, 0.3) is 0 Å². The van der Waals surface area contributed by atoms with Crippen LogP contribution in [0.4, 0.5) is 8.78 Å². The highest BCUT2D eigenvalue weighted by atomic mass is 19.3. The van der Waals surface area contributed by atoms with Crippen LogP contribution in [0.3, 0.4) is 0 Å². The Balaban J connectivity index is 2.30. The van der Waals surface area contributed by atoms with E-state index in [2.05, 4.69) is 0 Å². The maximum atomic E-state index is 11.9. The van der Waals surface area contributed by atoms with Crippen molar-refractivity contribution in [2.45, 2.75) is 19.8 Å². The Hall–Kier alpha value is -0.510. The van der Waals surface area contributed by atoms with Gasteiger partial charge in [0.15, 0.2) is 0 Å². The summed E-state index contributed by atoms with van der Waals surface area (Å²) in [6, 6.07) is 0. The molecule has 12 heavy (non-hydrogen) atoms. The lowest BCUT2D eigenvalue weighted by molar-refractivity contribution is -0.120. The zero-order valence-electron chi connectivity index (χ0n) is 7.09. The maximum absolute atomic E-state index is 11.9. The van der Waals surface area contributed by atoms with Gasteiger partial charge in [0.05, 0.1) is 6.54 Å². The van der Waals surface area contributed by atoms with Crippen molar-refractivity contribution >= 4 is 5.78 Å². The number of Topliss-reactive ketones (excluding diaryl/α,β-unsaturated/α-hetero) is 1. The number of rotatable bonds is 3. The van der Waals surface area contributed by atoms with Gasteiger partial charge in [-0.1, -0.05) is 0 Å². The van der Waals surface area contributed by atoms with Crippen LogP contribution < -0.4 is 0 Å². The van der Waals surface area contributed by atoms with Crippen molar-refractivity contribution < 1.29 is 13.6 Å². The number of alkyl halides is 2. The fourth-order valence-corrected chi connectivity index (χ4v) is 1.53. The normalized spacial score (nSPS) is 25.2. The monoisotopic (exact) mass is 177 g/mol. The molecule has 4 heteroatoms. The summed E-state index contributed by atoms with van der Waals surface area (Å²) in [5, 5.41) is 0. The highest BCUT2D eigenvalue weighted by molar-refractivity contribution is 5.78. The summed E-state index contributed by atoms with van der Waals surface area (Å²) in [6.45, 7) is 2.48. The molecular weight excluding hydrogens is 164 g/mol. The smallest absolute Gasteiger partial charge is 0.251 e. The predicted octanol–water partition coefficient (Wildman–Crippen LogP) is 1.16. The molecule has 1 heterocycles. The van der Waals surface area contributed by atoms with Gasteiger partial charge in [0, 0.05) is 12.5 Å². The van der Waals surface area contributed by atoms with Crippen molar-refractivity contribution in [3.05, 3.63) is 0 Å². The van der Waals surface area contributed by atoms with Gasteiger partial charge in [0.1, 0.15) is 5.78 Å². The first-order valence-corrected chi connectivity index (χ1v) is 4.10. The molecular formula is C8H13F2NO. The lowest BCUT2D eigenvalue weighted by Crippen LogP contribution is -2.27. The summed E-state index contributed by atoms with van der Waals surface area (Å²) < 4.78 is 23.8. The van der Waals surface area contributed by atoms with Gasteiger partial charge >= 0.3 is 0 Å². The van der Waals surface area contributed by atoms with Crippen molar-refractivity contribution in [2.24, 2.45) is 5.92 Å². The highest BCUT2D eigenvalue weighted by Crippen LogP contribution is 2.17. The van der Waals surface area contributed by atoms with Gasteiger partial charge in [-0.05, 0) is 19.9 Å². The molecule has 1 rings (SSSR count). The molecule has 0 saturated carbocycles. The predicted molar refractivity (Wildman–Crippen MR) is 41.2 cm³/mol. The zero-order chi connectivity index (χ0) is 9.14. The van der Waals surface area contributed by atoms with E-state index >= 15 is 0 Å². The molecule has 70 valence electrons. The average molecular weight is 177 g/mol. The van der Waals surface area contributed by atoms with Gasteiger partial charge in [-0.25, -0.2) is 8.78 Å². The molecule has 1 fully saturated rings. The van der Waals surface area contributed by atoms with Crippen LogP contribution in [-0.4, -0.2) is 36.7 Å². The molecule has 0 unspecified atom stereocenters. The number of hydrogen-bond acceptors (Lipinski definition) is 2. The minimum atomic E-state index is -2.28. The van der Waals surface area contributed by atoms with E-state index in [1.165, 1.54) is 6.92 Å². The van der Waals surface area contributed by atoms with E-state index < -0.39 is 6.43 Å². The van der Waals surface area contributed by atoms with Crippen LogP contribution in [0, 0.1) is 5.92 Å². The van der Waals surface area contributed by atoms with Gasteiger partial charge in [0.2, 0.25) is 0 Å². The van der Waals surface area contributed by atoms with Gasteiger partial charge in [-0.15, -0.1) is 0 Å². The van der Waals surface area contributed by atoms with E-state index in [1.807, 2.05) is 0 Å². The second-order valence-electron chi connectivity index (χ2n) is 3.25. The minimum Gasteiger partial charge on any atom is -0.300 e. The Morgan fingerprint density at radius 3 is 2.75 bits per heavy atom. The maximum Gasteiger partial charge on any atom is 0.251 e. The molecule has 0 radical (unpaired) electrons. The van der Waals surface area contributed by atoms with E-state index in [-0.39, 0.29) is 18.2 Å². The first-order chi connectivity index (χ1) is 5.59. The Morgan fingerprint density at radius 2 is 2.33 bits per heavy atom. The molecule has 1 aliphatic rings. The quantitative estimate of drug-likeness (QED) is 0.644. The van der Waals surface area contributed by atoms with Crippen molar-refractivity contribution in [1.82, 2.24) is 4.90 Å². The molecule has 2 nitrogen and oxygen atoms in total. The Labute approximate surface area is 70.5 Å². The van der Waals surface area contributed by atoms with Gasteiger partial charge in [-0.3, -0.25) is 9.69 Å². The van der Waals surface area contributed by atoms with E-state index in [0.717, 1.165) is 6.42 Å². The van der Waals surface area contributed by atoms with Crippen LogP contribution in [0.2, 0.25) is 0 Å². The molecule has 0 aromatic carbocycles. The van der Waals surface area contributed by atoms with Gasteiger partial charge in [0.25, 0.3) is 6.43 Å². The first kappa shape index (κ1) is 9.58. The van der Waals surface area contributed by atoms with Crippen molar-refractivity contribution in [1.29, 1.82) is 0 Å². The summed E-state index contributed by atoms with van der Waals surface area (Å²) in [7, 11) is 0. The third-order valence-electron chi connectivity index (χ3n) is 2.24. The molecule has 0 aromatic heterocycles. The lowest BCUT2D eigenvalue weighted by atomic mass is 10.1. The molecule has 0 N–H and O–H groups in total. The molecule has 0 bridgehead atoms. The van der Waals surface area contributed by atoms with Crippen LogP contribution in [0.5, 0.6) is 0 Å². The molecule has 1 aliphatic heterocycles. The minimum absolute atomic E-state index is 0.0104. The molecule has 0 aromatic rings. The van der Waals surface area contributed by atoms with Crippen LogP contribution >= 0.6 is 0 Å². The number of carbonyl (C=O) groups excluding carboxylic acids is 1. The third-order valence-corrected chi connectivity index (χ3v) is 2.24. The second-order valence-corrected chi connectivity index (χ2v) is 3.25. The molecule has 0 aliphatic carbocycles. The van der Waals surface area contributed by atoms with Crippen LogP contribution in [-0.2, 0) is 4.79 Å². The summed E-state index contributed by atoms with van der Waals surface area (Å²) in [4.78, 5) is 12.5. The van der Waals surface area contributed by atoms with E-state index in [4.69, 9.17) is 0 Å². The summed E-state index contributed by atoms with van der Waals surface area (Å²) >= 11 is 0. The Kier molecular flexibility index (Phi) is 3.14. The topological polar surface area (TPSA) is 20.3 Å². The highest BCUT2D eigenvalue weighted by Gasteiger charge is 2.26. The fourth-order valence-electron chi connectivity index (χ4n) is 1.53. The molecule has 0 amide bonds. The van der Waals surface area contributed by atoms with Crippen LogP contribution in [0.15, 0.2) is 0 Å². The summed E-state index contributed by atoms with van der Waals surface area (Å²) in [5.41, 5.74) is 0. The Morgan fingerprint density at radius 1 is 1.67 bits per heavy atom. The number of nitrogens with zero attached hydrogens (tertiary/aromatic N) is 1. The van der Waals surface area contributed by atoms with Gasteiger partial charge < -0.3 is 0 Å². The first-order valence-electron chi connectivity index (χ1n) is 4.10. The number of halogens is 2. The Bertz CT molecular complexity index is 172. The average Bonchev–Trinajstić information content (AvgIpc) is 2.34. The number of hydrogen-bond donors (Lipinski definition) is 0. The van der Waals surface area contributed by atoms with E-state index in [0.29, 0.717) is 13.1 Å². The standard InChI is InChI=1S/C8H13F2NO/c1-6(12)7-2-3-11(4-7)5-8(9)10/h7-8H,2-5H2,1H3/t7-/m1/s1. The summed E-state index contributed by atoms with van der Waals surface area (Å²) in [5.74, 6) is 0.107. The van der Waals surface area contributed by atoms with Crippen molar-refractivity contribution in [3.8, 4) is 0 Å². The number of likely N-dealkylation sites (tertiary alicyclic amines) is 1. The zero-order valence-corrected chi connectivity index (χ0v) is 7.09. The second kappa shape index (κ2) is 3.94. The molecule has 1 atom stereocenters. The largest absolute Gasteiger partial charge is 0.300 e. The number of carbonyl (C=O) groups is 1. The van der Waals surface area contributed by atoms with Crippen LogP contribution in [0.1, 0.15) is 13.3 Å². The summed E-state index contributed by atoms with van der Waals surface area (Å²) in [6.07, 6.45) is -1.54. The van der Waals surface area contributed by atoms with Gasteiger partial charge in [-0.2, -0.15) is 0 Å². The lowest BCUT2D eigenvalue weighted by Gasteiger charge is -2.13. The van der Waals surface area contributed by atoms with Crippen molar-refractivity contribution in [2.75, 3.05) is 19.6 Å². The number of ketones is 1. The fraction of sp³-hybridized carbons (Fsp3) is 0.875. The van der Waals surface area contributed by atoms with E-state index in [9.17, 15) is 13.6 Å². The van der Waals surface area contributed by atoms with Crippen molar-refractivity contribution in [3.63, 3.8) is 0 Å².